The summed E-state index contributed by atoms with van der Waals surface area (Å²) >= 11 is 0. The van der Waals surface area contributed by atoms with E-state index >= 15 is 0 Å². The lowest BCUT2D eigenvalue weighted by atomic mass is 9.45. The van der Waals surface area contributed by atoms with E-state index in [4.69, 9.17) is 4.74 Å². The Morgan fingerprint density at radius 3 is 2.81 bits per heavy atom. The second kappa shape index (κ2) is 6.19. The first-order chi connectivity index (χ1) is 12.3. The molecule has 0 bridgehead atoms. The van der Waals surface area contributed by atoms with Crippen molar-refractivity contribution in [3.05, 3.63) is 11.6 Å². The maximum atomic E-state index is 12.3. The predicted octanol–water partition coefficient (Wildman–Crippen LogP) is 3.67. The van der Waals surface area contributed by atoms with Crippen LogP contribution in [0.3, 0.4) is 0 Å². The molecule has 4 nitrogen and oxygen atoms in total. The molecular formula is C22H32O4. The van der Waals surface area contributed by atoms with E-state index in [1.54, 1.807) is 0 Å². The number of ketones is 1. The van der Waals surface area contributed by atoms with Crippen molar-refractivity contribution >= 4 is 11.8 Å². The van der Waals surface area contributed by atoms with Crippen molar-refractivity contribution in [2.45, 2.75) is 71.8 Å². The van der Waals surface area contributed by atoms with E-state index in [1.807, 2.05) is 0 Å². The van der Waals surface area contributed by atoms with Gasteiger partial charge in [-0.3, -0.25) is 9.59 Å². The summed E-state index contributed by atoms with van der Waals surface area (Å²) in [5.74, 6) is 1.81. The third-order valence-corrected chi connectivity index (χ3v) is 8.60. The van der Waals surface area contributed by atoms with Gasteiger partial charge >= 0.3 is 5.97 Å². The van der Waals surface area contributed by atoms with E-state index in [0.717, 1.165) is 32.1 Å². The molecule has 7 atom stereocenters. The average Bonchev–Trinajstić information content (AvgIpc) is 2.88. The normalized spacial score (nSPS) is 47.5. The van der Waals surface area contributed by atoms with Crippen molar-refractivity contribution in [2.75, 3.05) is 6.61 Å². The molecule has 4 heteroatoms. The van der Waals surface area contributed by atoms with Gasteiger partial charge in [0.05, 0.1) is 6.10 Å². The minimum Gasteiger partial charge on any atom is -0.465 e. The lowest BCUT2D eigenvalue weighted by Crippen LogP contribution is -2.56. The Morgan fingerprint density at radius 1 is 1.31 bits per heavy atom. The van der Waals surface area contributed by atoms with E-state index in [2.05, 4.69) is 19.9 Å². The standard InChI is InChI=1S/C22H32O4/c1-13-10-16(24)11-15-4-5-17-18-6-7-20(25)21(18,3)9-8-19(17)22(13,15)12-26-14(2)23/h4,13,17-20,25H,5-12H2,1-3H3/t13-,17+,18+,19+,20+,21+,22+/m1/s1. The van der Waals surface area contributed by atoms with Crippen LogP contribution < -0.4 is 0 Å². The van der Waals surface area contributed by atoms with Gasteiger partial charge < -0.3 is 9.84 Å². The van der Waals surface area contributed by atoms with Gasteiger partial charge in [0.25, 0.3) is 0 Å². The fraction of sp³-hybridized carbons (Fsp3) is 0.818. The van der Waals surface area contributed by atoms with E-state index in [0.29, 0.717) is 43.0 Å². The number of fused-ring (bicyclic) bond motifs is 5. The zero-order chi connectivity index (χ0) is 18.7. The van der Waals surface area contributed by atoms with E-state index in [9.17, 15) is 14.7 Å². The molecule has 3 saturated carbocycles. The summed E-state index contributed by atoms with van der Waals surface area (Å²) < 4.78 is 5.61. The minimum atomic E-state index is -0.234. The summed E-state index contributed by atoms with van der Waals surface area (Å²) in [6, 6.07) is 0. The molecule has 144 valence electrons. The molecular weight excluding hydrogens is 328 g/mol. The highest BCUT2D eigenvalue weighted by atomic mass is 16.5. The van der Waals surface area contributed by atoms with Crippen LogP contribution in [0.25, 0.3) is 0 Å². The highest BCUT2D eigenvalue weighted by Crippen LogP contribution is 2.65. The van der Waals surface area contributed by atoms with Crippen LogP contribution in [-0.4, -0.2) is 29.6 Å². The van der Waals surface area contributed by atoms with Gasteiger partial charge in [-0.25, -0.2) is 0 Å². The Balaban J connectivity index is 1.74. The molecule has 0 aliphatic heterocycles. The van der Waals surface area contributed by atoms with Crippen LogP contribution in [0.2, 0.25) is 0 Å². The molecule has 0 aromatic heterocycles. The number of carbonyl (C=O) groups excluding carboxylic acids is 2. The molecule has 26 heavy (non-hydrogen) atoms. The number of carbonyl (C=O) groups is 2. The average molecular weight is 360 g/mol. The predicted molar refractivity (Wildman–Crippen MR) is 98.2 cm³/mol. The summed E-state index contributed by atoms with van der Waals surface area (Å²) in [7, 11) is 0. The van der Waals surface area contributed by atoms with E-state index in [1.165, 1.54) is 12.5 Å². The molecule has 0 amide bonds. The molecule has 4 rings (SSSR count). The van der Waals surface area contributed by atoms with Crippen molar-refractivity contribution in [1.82, 2.24) is 0 Å². The number of aliphatic hydroxyl groups excluding tert-OH is 1. The second-order valence-corrected chi connectivity index (χ2v) is 9.62. The van der Waals surface area contributed by atoms with Gasteiger partial charge in [-0.2, -0.15) is 0 Å². The number of ether oxygens (including phenoxy) is 1. The minimum absolute atomic E-state index is 0.0306. The number of allylic oxidation sites excluding steroid dienone is 1. The first-order valence-corrected chi connectivity index (χ1v) is 10.3. The fourth-order valence-electron chi connectivity index (χ4n) is 7.22. The SMILES string of the molecule is CC(=O)OC[C@]12C(=CC[C@H]3[C@@H]4CC[C@H](O)[C@@]4(C)CC[C@@H]31)CC(=O)C[C@H]2C. The second-order valence-electron chi connectivity index (χ2n) is 9.62. The number of rotatable bonds is 2. The third kappa shape index (κ3) is 2.44. The van der Waals surface area contributed by atoms with Crippen molar-refractivity contribution < 1.29 is 19.4 Å². The van der Waals surface area contributed by atoms with Crippen LogP contribution >= 0.6 is 0 Å². The molecule has 0 aromatic carbocycles. The molecule has 3 fully saturated rings. The molecule has 1 N–H and O–H groups in total. The number of aliphatic hydroxyl groups is 1. The van der Waals surface area contributed by atoms with Gasteiger partial charge in [-0.1, -0.05) is 25.5 Å². The number of hydrogen-bond acceptors (Lipinski definition) is 4. The Hall–Kier alpha value is -1.16. The van der Waals surface area contributed by atoms with Gasteiger partial charge in [0, 0.05) is 25.2 Å². The van der Waals surface area contributed by atoms with Crippen molar-refractivity contribution in [2.24, 2.45) is 34.5 Å². The Labute approximate surface area is 156 Å². The number of hydrogen-bond donors (Lipinski definition) is 1. The quantitative estimate of drug-likeness (QED) is 0.603. The smallest absolute Gasteiger partial charge is 0.302 e. The van der Waals surface area contributed by atoms with E-state index in [-0.39, 0.29) is 28.8 Å². The number of Topliss-reactive ketones (excluding diaryl/α,β-unsaturated/α-hetero) is 1. The molecule has 4 aliphatic rings. The Morgan fingerprint density at radius 2 is 2.08 bits per heavy atom. The molecule has 0 spiro atoms. The zero-order valence-electron chi connectivity index (χ0n) is 16.3. The Bertz CT molecular complexity index is 653. The van der Waals surface area contributed by atoms with Crippen LogP contribution in [0.4, 0.5) is 0 Å². The van der Waals surface area contributed by atoms with Gasteiger partial charge in [0.15, 0.2) is 0 Å². The molecule has 0 aromatic rings. The molecule has 0 radical (unpaired) electrons. The van der Waals surface area contributed by atoms with Crippen molar-refractivity contribution in [1.29, 1.82) is 0 Å². The van der Waals surface area contributed by atoms with Gasteiger partial charge in [0.2, 0.25) is 0 Å². The molecule has 4 aliphatic carbocycles. The Kier molecular flexibility index (Phi) is 4.33. The maximum absolute atomic E-state index is 12.3. The monoisotopic (exact) mass is 360 g/mol. The third-order valence-electron chi connectivity index (χ3n) is 8.60. The fourth-order valence-corrected chi connectivity index (χ4v) is 7.22. The van der Waals surface area contributed by atoms with Gasteiger partial charge in [0.1, 0.15) is 12.4 Å². The summed E-state index contributed by atoms with van der Waals surface area (Å²) in [5, 5.41) is 10.6. The van der Waals surface area contributed by atoms with E-state index < -0.39 is 0 Å². The van der Waals surface area contributed by atoms with Crippen LogP contribution in [0.1, 0.15) is 65.7 Å². The lowest BCUT2D eigenvalue weighted by Gasteiger charge is -2.59. The highest BCUT2D eigenvalue weighted by molar-refractivity contribution is 5.83. The van der Waals surface area contributed by atoms with Crippen molar-refractivity contribution in [3.63, 3.8) is 0 Å². The summed E-state index contributed by atoms with van der Waals surface area (Å²) in [4.78, 5) is 23.9. The lowest BCUT2D eigenvalue weighted by molar-refractivity contribution is -0.154. The van der Waals surface area contributed by atoms with Gasteiger partial charge in [-0.15, -0.1) is 0 Å². The van der Waals surface area contributed by atoms with Crippen LogP contribution in [0.5, 0.6) is 0 Å². The first kappa shape index (κ1) is 18.2. The first-order valence-electron chi connectivity index (χ1n) is 10.3. The molecule has 0 saturated heterocycles. The van der Waals surface area contributed by atoms with Crippen LogP contribution in [-0.2, 0) is 14.3 Å². The van der Waals surface area contributed by atoms with Gasteiger partial charge in [-0.05, 0) is 61.2 Å². The number of esters is 1. The maximum Gasteiger partial charge on any atom is 0.302 e. The highest BCUT2D eigenvalue weighted by Gasteiger charge is 2.61. The zero-order valence-corrected chi connectivity index (χ0v) is 16.3. The van der Waals surface area contributed by atoms with Crippen molar-refractivity contribution in [3.8, 4) is 0 Å². The summed E-state index contributed by atoms with van der Waals surface area (Å²) in [5.41, 5.74) is 1.08. The largest absolute Gasteiger partial charge is 0.465 e. The topological polar surface area (TPSA) is 63.6 Å². The molecule has 0 unspecified atom stereocenters. The molecule has 0 heterocycles. The van der Waals surface area contributed by atoms with Crippen LogP contribution in [0.15, 0.2) is 11.6 Å². The summed E-state index contributed by atoms with van der Waals surface area (Å²) in [6.07, 6.45) is 8.34. The van der Waals surface area contributed by atoms with Crippen LogP contribution in [0, 0.1) is 34.5 Å². The summed E-state index contributed by atoms with van der Waals surface area (Å²) in [6.45, 7) is 6.34.